The molecule has 0 aliphatic carbocycles. The Labute approximate surface area is 81.3 Å². The largest absolute Gasteiger partial charge is 0.327 e. The number of rotatable bonds is 2. The van der Waals surface area contributed by atoms with Crippen molar-refractivity contribution in [3.8, 4) is 12.3 Å². The van der Waals surface area contributed by atoms with E-state index in [4.69, 9.17) is 6.42 Å². The molecule has 0 radical (unpaired) electrons. The first kappa shape index (κ1) is 10.1. The minimum absolute atomic E-state index is 0.160. The Hall–Kier alpha value is -2.02. The smallest absolute Gasteiger partial charge is 0.319 e. The molecule has 1 aromatic carbocycles. The van der Waals surface area contributed by atoms with Gasteiger partial charge >= 0.3 is 6.03 Å². The molecule has 0 aromatic heterocycles. The monoisotopic (exact) mass is 192 g/mol. The number of hydrogen-bond acceptors (Lipinski definition) is 1. The molecule has 3 nitrogen and oxygen atoms in total. The number of terminal acetylenes is 1. The second-order valence-electron chi connectivity index (χ2n) is 2.52. The molecule has 0 saturated carbocycles. The summed E-state index contributed by atoms with van der Waals surface area (Å²) in [6.45, 7) is 0.160. The van der Waals surface area contributed by atoms with E-state index in [1.54, 1.807) is 0 Å². The molecular weight excluding hydrogens is 183 g/mol. The lowest BCUT2D eigenvalue weighted by molar-refractivity contribution is 0.253. The molecule has 0 aliphatic rings. The molecule has 0 heterocycles. The molecule has 2 N–H and O–H groups in total. The number of carbonyl (C=O) groups is 1. The second-order valence-corrected chi connectivity index (χ2v) is 2.52. The SMILES string of the molecule is C#CCNC(=O)Nc1ccc(F)cc1. The molecule has 1 aromatic rings. The van der Waals surface area contributed by atoms with Crippen LogP contribution in [0.1, 0.15) is 0 Å². The summed E-state index contributed by atoms with van der Waals surface area (Å²) in [4.78, 5) is 11.0. The topological polar surface area (TPSA) is 41.1 Å². The van der Waals surface area contributed by atoms with Gasteiger partial charge in [-0.2, -0.15) is 0 Å². The molecular formula is C10H9FN2O. The molecule has 2 amide bonds. The average Bonchev–Trinajstić information content (AvgIpc) is 2.18. The first-order valence-corrected chi connectivity index (χ1v) is 3.96. The highest BCUT2D eigenvalue weighted by molar-refractivity contribution is 5.89. The predicted octanol–water partition coefficient (Wildman–Crippen LogP) is 1.58. The van der Waals surface area contributed by atoms with Gasteiger partial charge in [-0.05, 0) is 24.3 Å². The van der Waals surface area contributed by atoms with Crippen LogP contribution >= 0.6 is 0 Å². The van der Waals surface area contributed by atoms with Gasteiger partial charge in [0.25, 0.3) is 0 Å². The molecule has 0 aliphatic heterocycles. The predicted molar refractivity (Wildman–Crippen MR) is 52.3 cm³/mol. The van der Waals surface area contributed by atoms with Gasteiger partial charge in [-0.15, -0.1) is 6.42 Å². The summed E-state index contributed by atoms with van der Waals surface area (Å²) in [7, 11) is 0. The quantitative estimate of drug-likeness (QED) is 0.686. The van der Waals surface area contributed by atoms with Gasteiger partial charge < -0.3 is 10.6 Å². The highest BCUT2D eigenvalue weighted by Crippen LogP contribution is 2.07. The van der Waals surface area contributed by atoms with Crippen LogP contribution in [0, 0.1) is 18.2 Å². The van der Waals surface area contributed by atoms with Gasteiger partial charge in [0.2, 0.25) is 0 Å². The minimum atomic E-state index is -0.408. The van der Waals surface area contributed by atoms with Crippen molar-refractivity contribution in [2.24, 2.45) is 0 Å². The van der Waals surface area contributed by atoms with E-state index < -0.39 is 6.03 Å². The van der Waals surface area contributed by atoms with Gasteiger partial charge in [0.15, 0.2) is 0 Å². The molecule has 72 valence electrons. The first-order valence-electron chi connectivity index (χ1n) is 3.96. The maximum Gasteiger partial charge on any atom is 0.319 e. The Morgan fingerprint density at radius 2 is 2.07 bits per heavy atom. The highest BCUT2D eigenvalue weighted by Gasteiger charge is 1.99. The Morgan fingerprint density at radius 3 is 2.64 bits per heavy atom. The third-order valence-corrected chi connectivity index (χ3v) is 1.45. The molecule has 0 fully saturated rings. The standard InChI is InChI=1S/C10H9FN2O/c1-2-7-12-10(14)13-9-5-3-8(11)4-6-9/h1,3-6H,7H2,(H2,12,13,14). The average molecular weight is 192 g/mol. The Balaban J connectivity index is 2.49. The van der Waals surface area contributed by atoms with Gasteiger partial charge in [-0.3, -0.25) is 0 Å². The molecule has 14 heavy (non-hydrogen) atoms. The summed E-state index contributed by atoms with van der Waals surface area (Å²) < 4.78 is 12.5. The molecule has 0 unspecified atom stereocenters. The summed E-state index contributed by atoms with van der Waals surface area (Å²) in [5.41, 5.74) is 0.515. The number of halogens is 1. The fraction of sp³-hybridized carbons (Fsp3) is 0.100. The zero-order valence-electron chi connectivity index (χ0n) is 7.38. The van der Waals surface area contributed by atoms with E-state index in [2.05, 4.69) is 16.6 Å². The zero-order valence-corrected chi connectivity index (χ0v) is 7.38. The number of nitrogens with one attached hydrogen (secondary N) is 2. The number of carbonyl (C=O) groups excluding carboxylic acids is 1. The molecule has 0 bridgehead atoms. The summed E-state index contributed by atoms with van der Waals surface area (Å²) in [6.07, 6.45) is 4.95. The molecule has 1 rings (SSSR count). The van der Waals surface area contributed by atoms with E-state index in [0.717, 1.165) is 0 Å². The van der Waals surface area contributed by atoms with Crippen LogP contribution in [0.2, 0.25) is 0 Å². The molecule has 0 saturated heterocycles. The van der Waals surface area contributed by atoms with Crippen LogP contribution in [0.5, 0.6) is 0 Å². The molecule has 4 heteroatoms. The lowest BCUT2D eigenvalue weighted by Gasteiger charge is -2.04. The van der Waals surface area contributed by atoms with Gasteiger partial charge in [-0.1, -0.05) is 5.92 Å². The van der Waals surface area contributed by atoms with Crippen LogP contribution in [0.25, 0.3) is 0 Å². The molecule has 0 atom stereocenters. The Bertz CT molecular complexity index is 353. The van der Waals surface area contributed by atoms with Crippen molar-refractivity contribution < 1.29 is 9.18 Å². The van der Waals surface area contributed by atoms with Crippen LogP contribution in [0.15, 0.2) is 24.3 Å². The first-order chi connectivity index (χ1) is 6.72. The van der Waals surface area contributed by atoms with Crippen LogP contribution in [0.3, 0.4) is 0 Å². The van der Waals surface area contributed by atoms with Crippen molar-refractivity contribution in [1.82, 2.24) is 5.32 Å². The number of benzene rings is 1. The van der Waals surface area contributed by atoms with Crippen molar-refractivity contribution in [2.75, 3.05) is 11.9 Å². The zero-order chi connectivity index (χ0) is 10.4. The summed E-state index contributed by atoms with van der Waals surface area (Å²) in [5, 5.41) is 4.91. The number of amides is 2. The molecule has 0 spiro atoms. The fourth-order valence-corrected chi connectivity index (χ4v) is 0.840. The lowest BCUT2D eigenvalue weighted by atomic mass is 10.3. The van der Waals surface area contributed by atoms with Crippen LogP contribution in [0.4, 0.5) is 14.9 Å². The van der Waals surface area contributed by atoms with Crippen LogP contribution < -0.4 is 10.6 Å². The van der Waals surface area contributed by atoms with E-state index in [1.807, 2.05) is 0 Å². The summed E-state index contributed by atoms with van der Waals surface area (Å²) in [6, 6.07) is 5.04. The van der Waals surface area contributed by atoms with E-state index in [1.165, 1.54) is 24.3 Å². The summed E-state index contributed by atoms with van der Waals surface area (Å²) in [5.74, 6) is 1.91. The second kappa shape index (κ2) is 4.87. The van der Waals surface area contributed by atoms with Gasteiger partial charge in [0.05, 0.1) is 6.54 Å². The van der Waals surface area contributed by atoms with Crippen molar-refractivity contribution in [3.05, 3.63) is 30.1 Å². The van der Waals surface area contributed by atoms with E-state index in [-0.39, 0.29) is 12.4 Å². The maximum atomic E-state index is 12.5. The lowest BCUT2D eigenvalue weighted by Crippen LogP contribution is -2.28. The Kier molecular flexibility index (Phi) is 3.50. The van der Waals surface area contributed by atoms with Crippen molar-refractivity contribution in [2.45, 2.75) is 0 Å². The normalized spacial score (nSPS) is 8.86. The van der Waals surface area contributed by atoms with Crippen LogP contribution in [-0.4, -0.2) is 12.6 Å². The van der Waals surface area contributed by atoms with Crippen molar-refractivity contribution >= 4 is 11.7 Å². The highest BCUT2D eigenvalue weighted by atomic mass is 19.1. The van der Waals surface area contributed by atoms with E-state index >= 15 is 0 Å². The minimum Gasteiger partial charge on any atom is -0.327 e. The Morgan fingerprint density at radius 1 is 1.43 bits per heavy atom. The van der Waals surface area contributed by atoms with Crippen molar-refractivity contribution in [1.29, 1.82) is 0 Å². The fourth-order valence-electron chi connectivity index (χ4n) is 0.840. The summed E-state index contributed by atoms with van der Waals surface area (Å²) >= 11 is 0. The van der Waals surface area contributed by atoms with Crippen molar-refractivity contribution in [3.63, 3.8) is 0 Å². The van der Waals surface area contributed by atoms with Crippen LogP contribution in [-0.2, 0) is 0 Å². The van der Waals surface area contributed by atoms with Gasteiger partial charge in [0, 0.05) is 5.69 Å². The van der Waals surface area contributed by atoms with Gasteiger partial charge in [-0.25, -0.2) is 9.18 Å². The number of hydrogen-bond donors (Lipinski definition) is 2. The number of urea groups is 1. The van der Waals surface area contributed by atoms with E-state index in [9.17, 15) is 9.18 Å². The third kappa shape index (κ3) is 3.15. The van der Waals surface area contributed by atoms with E-state index in [0.29, 0.717) is 5.69 Å². The number of anilines is 1. The third-order valence-electron chi connectivity index (χ3n) is 1.45. The van der Waals surface area contributed by atoms with Gasteiger partial charge in [0.1, 0.15) is 5.82 Å². The maximum absolute atomic E-state index is 12.5.